The van der Waals surface area contributed by atoms with Crippen LogP contribution in [0.1, 0.15) is 22.5 Å². The highest BCUT2D eigenvalue weighted by Crippen LogP contribution is 2.24. The molecule has 20 heavy (non-hydrogen) atoms. The number of H-pyrrole nitrogens is 1. The van der Waals surface area contributed by atoms with Crippen LogP contribution in [0.25, 0.3) is 16.6 Å². The Morgan fingerprint density at radius 1 is 1.10 bits per heavy atom. The number of aromatic amines is 1. The van der Waals surface area contributed by atoms with Crippen LogP contribution in [0.4, 0.5) is 0 Å². The van der Waals surface area contributed by atoms with Gasteiger partial charge in [0.25, 0.3) is 0 Å². The Balaban J connectivity index is 2.35. The zero-order chi connectivity index (χ0) is 14.4. The number of rotatable bonds is 1. The molecule has 2 heterocycles. The van der Waals surface area contributed by atoms with Gasteiger partial charge in [0.15, 0.2) is 0 Å². The van der Waals surface area contributed by atoms with Crippen LogP contribution >= 0.6 is 12.2 Å². The fraction of sp³-hybridized carbons (Fsp3) is 0.267. The average molecular weight is 284 g/mol. The third-order valence-electron chi connectivity index (χ3n) is 3.75. The van der Waals surface area contributed by atoms with Crippen LogP contribution in [-0.4, -0.2) is 20.0 Å². The van der Waals surface area contributed by atoms with Gasteiger partial charge >= 0.3 is 0 Å². The molecule has 0 fully saturated rings. The van der Waals surface area contributed by atoms with Crippen molar-refractivity contribution in [3.8, 4) is 5.69 Å². The molecule has 0 aliphatic heterocycles. The molecule has 3 aromatic rings. The third-order valence-corrected chi connectivity index (χ3v) is 4.04. The zero-order valence-corrected chi connectivity index (χ0v) is 12.8. The van der Waals surface area contributed by atoms with E-state index in [-0.39, 0.29) is 0 Å². The Kier molecular flexibility index (Phi) is 2.94. The third kappa shape index (κ3) is 1.86. The Morgan fingerprint density at radius 3 is 2.50 bits per heavy atom. The second-order valence-electron chi connectivity index (χ2n) is 5.13. The lowest BCUT2D eigenvalue weighted by Crippen LogP contribution is -1.99. The molecule has 0 saturated carbocycles. The smallest absolute Gasteiger partial charge is 0.148 e. The van der Waals surface area contributed by atoms with Crippen LogP contribution < -0.4 is 0 Å². The lowest BCUT2D eigenvalue weighted by atomic mass is 10.1. The average Bonchev–Trinajstić information content (AvgIpc) is 2.77. The standard InChI is InChI=1S/C15H16N4S/c1-8-5-6-12(7-9(8)2)19-11(4)13-10(3)16-17-15(20)14(13)18-19/h5-7H,1-4H3,(H,17,20). The van der Waals surface area contributed by atoms with Gasteiger partial charge in [-0.25, -0.2) is 4.68 Å². The van der Waals surface area contributed by atoms with Crippen LogP contribution in [-0.2, 0) is 0 Å². The van der Waals surface area contributed by atoms with E-state index >= 15 is 0 Å². The van der Waals surface area contributed by atoms with Gasteiger partial charge in [-0.05, 0) is 51.0 Å². The van der Waals surface area contributed by atoms with Gasteiger partial charge in [-0.3, -0.25) is 5.10 Å². The van der Waals surface area contributed by atoms with Crippen LogP contribution in [0, 0.1) is 32.3 Å². The van der Waals surface area contributed by atoms with E-state index in [4.69, 9.17) is 12.2 Å². The summed E-state index contributed by atoms with van der Waals surface area (Å²) in [5, 5.41) is 12.8. The molecule has 0 bridgehead atoms. The Bertz CT molecular complexity index is 873. The van der Waals surface area contributed by atoms with Crippen molar-refractivity contribution in [1.82, 2.24) is 20.0 Å². The lowest BCUT2D eigenvalue weighted by Gasteiger charge is -2.07. The number of hydrogen-bond acceptors (Lipinski definition) is 3. The molecule has 0 aliphatic carbocycles. The molecular weight excluding hydrogens is 268 g/mol. The van der Waals surface area contributed by atoms with Crippen molar-refractivity contribution in [2.75, 3.05) is 0 Å². The highest BCUT2D eigenvalue weighted by Gasteiger charge is 2.13. The van der Waals surface area contributed by atoms with Gasteiger partial charge in [-0.2, -0.15) is 10.2 Å². The first kappa shape index (κ1) is 13.0. The SMILES string of the molecule is Cc1ccc(-n2nc3c(=S)[nH]nc(C)c3c2C)cc1C. The maximum Gasteiger partial charge on any atom is 0.148 e. The molecule has 2 aromatic heterocycles. The van der Waals surface area contributed by atoms with Gasteiger partial charge in [-0.1, -0.05) is 18.3 Å². The second kappa shape index (κ2) is 4.52. The van der Waals surface area contributed by atoms with Gasteiger partial charge < -0.3 is 0 Å². The Labute approximate surface area is 122 Å². The molecule has 0 aliphatic rings. The highest BCUT2D eigenvalue weighted by molar-refractivity contribution is 7.71. The van der Waals surface area contributed by atoms with Crippen molar-refractivity contribution in [2.24, 2.45) is 0 Å². The highest BCUT2D eigenvalue weighted by atomic mass is 32.1. The lowest BCUT2D eigenvalue weighted by molar-refractivity contribution is 0.857. The van der Waals surface area contributed by atoms with Gasteiger partial charge in [0, 0.05) is 5.39 Å². The van der Waals surface area contributed by atoms with Gasteiger partial charge in [0.1, 0.15) is 10.2 Å². The van der Waals surface area contributed by atoms with Crippen molar-refractivity contribution >= 4 is 23.1 Å². The molecule has 0 spiro atoms. The second-order valence-corrected chi connectivity index (χ2v) is 5.54. The number of aryl methyl sites for hydroxylation is 4. The molecular formula is C15H16N4S. The maximum absolute atomic E-state index is 5.29. The summed E-state index contributed by atoms with van der Waals surface area (Å²) in [6.07, 6.45) is 0. The minimum absolute atomic E-state index is 0.580. The van der Waals surface area contributed by atoms with Crippen LogP contribution in [0.15, 0.2) is 18.2 Å². The van der Waals surface area contributed by atoms with Crippen molar-refractivity contribution in [3.05, 3.63) is 45.4 Å². The molecule has 0 amide bonds. The number of benzene rings is 1. The summed E-state index contributed by atoms with van der Waals surface area (Å²) in [6.45, 7) is 8.23. The predicted molar refractivity (Wildman–Crippen MR) is 83.0 cm³/mol. The van der Waals surface area contributed by atoms with Crippen molar-refractivity contribution in [1.29, 1.82) is 0 Å². The van der Waals surface area contributed by atoms with E-state index in [1.165, 1.54) is 11.1 Å². The number of nitrogens with one attached hydrogen (secondary N) is 1. The summed E-state index contributed by atoms with van der Waals surface area (Å²) in [5.41, 5.74) is 6.37. The molecule has 0 saturated heterocycles. The van der Waals surface area contributed by atoms with Crippen LogP contribution in [0.3, 0.4) is 0 Å². The maximum atomic E-state index is 5.29. The fourth-order valence-corrected chi connectivity index (χ4v) is 2.64. The normalized spacial score (nSPS) is 11.2. The summed E-state index contributed by atoms with van der Waals surface area (Å²) in [4.78, 5) is 0. The van der Waals surface area contributed by atoms with E-state index in [1.54, 1.807) is 0 Å². The van der Waals surface area contributed by atoms with E-state index in [1.807, 2.05) is 18.5 Å². The van der Waals surface area contributed by atoms with Crippen molar-refractivity contribution < 1.29 is 0 Å². The number of nitrogens with zero attached hydrogens (tertiary/aromatic N) is 3. The van der Waals surface area contributed by atoms with Crippen LogP contribution in [0.2, 0.25) is 0 Å². The summed E-state index contributed by atoms with van der Waals surface area (Å²) >= 11 is 5.29. The molecule has 1 N–H and O–H groups in total. The molecule has 5 heteroatoms. The van der Waals surface area contributed by atoms with Gasteiger partial charge in [0.05, 0.1) is 17.1 Å². The minimum Gasteiger partial charge on any atom is -0.266 e. The van der Waals surface area contributed by atoms with Gasteiger partial charge in [0.2, 0.25) is 0 Å². The molecule has 4 nitrogen and oxygen atoms in total. The monoisotopic (exact) mass is 284 g/mol. The topological polar surface area (TPSA) is 46.5 Å². The summed E-state index contributed by atoms with van der Waals surface area (Å²) in [5.74, 6) is 0. The first-order valence-electron chi connectivity index (χ1n) is 6.51. The molecule has 1 aromatic carbocycles. The van der Waals surface area contributed by atoms with E-state index in [0.29, 0.717) is 4.64 Å². The number of hydrogen-bond donors (Lipinski definition) is 1. The van der Waals surface area contributed by atoms with Crippen molar-refractivity contribution in [2.45, 2.75) is 27.7 Å². The van der Waals surface area contributed by atoms with E-state index in [9.17, 15) is 0 Å². The van der Waals surface area contributed by atoms with Gasteiger partial charge in [-0.15, -0.1) is 0 Å². The molecule has 102 valence electrons. The first-order chi connectivity index (χ1) is 9.49. The fourth-order valence-electron chi connectivity index (χ4n) is 2.45. The predicted octanol–water partition coefficient (Wildman–Crippen LogP) is 3.71. The first-order valence-corrected chi connectivity index (χ1v) is 6.92. The summed E-state index contributed by atoms with van der Waals surface area (Å²) < 4.78 is 2.52. The van der Waals surface area contributed by atoms with Crippen molar-refractivity contribution in [3.63, 3.8) is 0 Å². The number of fused-ring (bicyclic) bond motifs is 1. The minimum atomic E-state index is 0.580. The van der Waals surface area contributed by atoms with Crippen LogP contribution in [0.5, 0.6) is 0 Å². The Morgan fingerprint density at radius 2 is 1.85 bits per heavy atom. The molecule has 0 atom stereocenters. The van der Waals surface area contributed by atoms with E-state index < -0.39 is 0 Å². The molecule has 0 radical (unpaired) electrons. The van der Waals surface area contributed by atoms with E-state index in [0.717, 1.165) is 28.0 Å². The Hall–Kier alpha value is -2.01. The quantitative estimate of drug-likeness (QED) is 0.693. The molecule has 3 rings (SSSR count). The largest absolute Gasteiger partial charge is 0.266 e. The molecule has 0 unspecified atom stereocenters. The van der Waals surface area contributed by atoms with E-state index in [2.05, 4.69) is 47.3 Å². The number of aromatic nitrogens is 4. The summed E-state index contributed by atoms with van der Waals surface area (Å²) in [6, 6.07) is 6.34. The zero-order valence-electron chi connectivity index (χ0n) is 12.0. The summed E-state index contributed by atoms with van der Waals surface area (Å²) in [7, 11) is 0.